The average molecular weight is 497 g/mol. The van der Waals surface area contributed by atoms with Crippen LogP contribution in [0, 0.1) is 0 Å². The van der Waals surface area contributed by atoms with Crippen LogP contribution in [-0.4, -0.2) is 26.4 Å². The maximum absolute atomic E-state index is 12.7. The third kappa shape index (κ3) is 5.71. The van der Waals surface area contributed by atoms with Crippen molar-refractivity contribution in [2.45, 2.75) is 56.6 Å². The summed E-state index contributed by atoms with van der Waals surface area (Å²) in [6.45, 7) is 2.12. The van der Waals surface area contributed by atoms with Gasteiger partial charge in [-0.3, -0.25) is 9.36 Å². The molecule has 4 aromatic rings. The Bertz CT molecular complexity index is 1280. The summed E-state index contributed by atoms with van der Waals surface area (Å²) in [6.07, 6.45) is 6.94. The lowest BCUT2D eigenvalue weighted by molar-refractivity contribution is -0.113. The van der Waals surface area contributed by atoms with Crippen LogP contribution in [0.3, 0.4) is 0 Å². The minimum absolute atomic E-state index is 0.0313. The van der Waals surface area contributed by atoms with Gasteiger partial charge in [0.2, 0.25) is 5.91 Å². The normalized spacial score (nSPS) is 14.0. The lowest BCUT2D eigenvalue weighted by atomic mass is 9.95. The highest BCUT2D eigenvalue weighted by Crippen LogP contribution is 2.36. The van der Waals surface area contributed by atoms with E-state index in [1.165, 1.54) is 47.7 Å². The molecular weight excluding hydrogens is 464 g/mol. The van der Waals surface area contributed by atoms with Crippen LogP contribution in [-0.2, 0) is 11.2 Å². The van der Waals surface area contributed by atoms with E-state index in [1.807, 2.05) is 18.2 Å². The van der Waals surface area contributed by atoms with Gasteiger partial charge in [-0.05, 0) is 48.1 Å². The Balaban J connectivity index is 1.34. The van der Waals surface area contributed by atoms with Crippen LogP contribution in [0.15, 0.2) is 84.0 Å². The van der Waals surface area contributed by atoms with E-state index in [1.54, 1.807) is 0 Å². The number of hydrogen-bond donors (Lipinski definition) is 1. The molecule has 1 aliphatic rings. The van der Waals surface area contributed by atoms with Gasteiger partial charge in [0.25, 0.3) is 0 Å². The van der Waals surface area contributed by atoms with E-state index in [9.17, 15) is 4.79 Å². The van der Waals surface area contributed by atoms with Gasteiger partial charge in [0.15, 0.2) is 11.0 Å². The Hall–Kier alpha value is -3.38. The molecule has 0 spiro atoms. The molecule has 5 nitrogen and oxygen atoms in total. The van der Waals surface area contributed by atoms with E-state index in [0.717, 1.165) is 41.5 Å². The molecule has 36 heavy (non-hydrogen) atoms. The number of benzene rings is 3. The maximum Gasteiger partial charge on any atom is 0.234 e. The molecule has 0 aliphatic heterocycles. The number of carbonyl (C=O) groups is 1. The second-order valence-electron chi connectivity index (χ2n) is 9.30. The SMILES string of the molecule is CCc1ccc(NC(=O)CSc2nnc(-c3ccc(-c4ccccc4)cc3)n2C2CCCCC2)cc1. The van der Waals surface area contributed by atoms with Crippen molar-refractivity contribution in [2.24, 2.45) is 0 Å². The number of anilines is 1. The molecule has 6 heteroatoms. The third-order valence-electron chi connectivity index (χ3n) is 6.83. The minimum atomic E-state index is -0.0313. The molecule has 1 heterocycles. The first kappa shape index (κ1) is 24.3. The molecule has 5 rings (SSSR count). The lowest BCUT2D eigenvalue weighted by Crippen LogP contribution is -2.17. The number of aromatic nitrogens is 3. The molecule has 1 aliphatic carbocycles. The van der Waals surface area contributed by atoms with E-state index in [0.29, 0.717) is 11.8 Å². The van der Waals surface area contributed by atoms with Crippen molar-refractivity contribution >= 4 is 23.4 Å². The van der Waals surface area contributed by atoms with Crippen molar-refractivity contribution in [3.05, 3.63) is 84.4 Å². The van der Waals surface area contributed by atoms with Gasteiger partial charge in [0, 0.05) is 17.3 Å². The first-order valence-electron chi connectivity index (χ1n) is 12.8. The van der Waals surface area contributed by atoms with Crippen molar-refractivity contribution < 1.29 is 4.79 Å². The van der Waals surface area contributed by atoms with Gasteiger partial charge in [-0.2, -0.15) is 0 Å². The fourth-order valence-electron chi connectivity index (χ4n) is 4.83. The average Bonchev–Trinajstić information content (AvgIpc) is 3.37. The van der Waals surface area contributed by atoms with E-state index in [4.69, 9.17) is 0 Å². The summed E-state index contributed by atoms with van der Waals surface area (Å²) in [5, 5.41) is 13.0. The number of nitrogens with one attached hydrogen (secondary N) is 1. The van der Waals surface area contributed by atoms with E-state index in [2.05, 4.69) is 87.7 Å². The van der Waals surface area contributed by atoms with Crippen molar-refractivity contribution in [3.8, 4) is 22.5 Å². The quantitative estimate of drug-likeness (QED) is 0.258. The molecule has 0 unspecified atom stereocenters. The number of thioether (sulfide) groups is 1. The fraction of sp³-hybridized carbons (Fsp3) is 0.300. The molecule has 1 saturated carbocycles. The number of amides is 1. The van der Waals surface area contributed by atoms with Gasteiger partial charge < -0.3 is 5.32 Å². The smallest absolute Gasteiger partial charge is 0.234 e. The summed E-state index contributed by atoms with van der Waals surface area (Å²) >= 11 is 1.47. The Morgan fingerprint density at radius 2 is 1.53 bits per heavy atom. The summed E-state index contributed by atoms with van der Waals surface area (Å²) in [5.74, 6) is 1.16. The third-order valence-corrected chi connectivity index (χ3v) is 7.78. The molecule has 0 atom stereocenters. The van der Waals surface area contributed by atoms with Crippen LogP contribution in [0.2, 0.25) is 0 Å². The van der Waals surface area contributed by atoms with E-state index >= 15 is 0 Å². The monoisotopic (exact) mass is 496 g/mol. The fourth-order valence-corrected chi connectivity index (χ4v) is 5.64. The molecule has 1 amide bonds. The van der Waals surface area contributed by atoms with Gasteiger partial charge in [0.05, 0.1) is 5.75 Å². The number of rotatable bonds is 8. The molecule has 184 valence electrons. The summed E-state index contributed by atoms with van der Waals surface area (Å²) in [6, 6.07) is 27.3. The second kappa shape index (κ2) is 11.6. The summed E-state index contributed by atoms with van der Waals surface area (Å²) in [5.41, 5.74) is 5.52. The molecular formula is C30H32N4OS. The first-order valence-corrected chi connectivity index (χ1v) is 13.8. The molecule has 1 fully saturated rings. The van der Waals surface area contributed by atoms with Crippen LogP contribution in [0.5, 0.6) is 0 Å². The number of nitrogens with zero attached hydrogens (tertiary/aromatic N) is 3. The zero-order chi connectivity index (χ0) is 24.7. The largest absolute Gasteiger partial charge is 0.325 e. The van der Waals surface area contributed by atoms with E-state index in [-0.39, 0.29) is 5.91 Å². The predicted octanol–water partition coefficient (Wildman–Crippen LogP) is 7.41. The van der Waals surface area contributed by atoms with Gasteiger partial charge in [0.1, 0.15) is 0 Å². The zero-order valence-corrected chi connectivity index (χ0v) is 21.5. The molecule has 0 saturated heterocycles. The van der Waals surface area contributed by atoms with Gasteiger partial charge in [-0.25, -0.2) is 0 Å². The highest BCUT2D eigenvalue weighted by Gasteiger charge is 2.24. The first-order chi connectivity index (χ1) is 17.7. The van der Waals surface area contributed by atoms with Crippen LogP contribution in [0.25, 0.3) is 22.5 Å². The zero-order valence-electron chi connectivity index (χ0n) is 20.7. The van der Waals surface area contributed by atoms with E-state index < -0.39 is 0 Å². The molecule has 1 N–H and O–H groups in total. The predicted molar refractivity (Wildman–Crippen MR) is 148 cm³/mol. The van der Waals surface area contributed by atoms with Crippen molar-refractivity contribution in [1.29, 1.82) is 0 Å². The second-order valence-corrected chi connectivity index (χ2v) is 10.2. The van der Waals surface area contributed by atoms with Crippen LogP contribution < -0.4 is 5.32 Å². The Labute approximate surface area is 217 Å². The van der Waals surface area contributed by atoms with Crippen molar-refractivity contribution in [3.63, 3.8) is 0 Å². The summed E-state index contributed by atoms with van der Waals surface area (Å²) in [4.78, 5) is 12.7. The van der Waals surface area contributed by atoms with Gasteiger partial charge in [-0.1, -0.05) is 105 Å². The minimum Gasteiger partial charge on any atom is -0.325 e. The van der Waals surface area contributed by atoms with Crippen LogP contribution in [0.4, 0.5) is 5.69 Å². The van der Waals surface area contributed by atoms with Gasteiger partial charge in [-0.15, -0.1) is 10.2 Å². The number of hydrogen-bond acceptors (Lipinski definition) is 4. The highest BCUT2D eigenvalue weighted by atomic mass is 32.2. The highest BCUT2D eigenvalue weighted by molar-refractivity contribution is 7.99. The Morgan fingerprint density at radius 3 is 2.22 bits per heavy atom. The number of carbonyl (C=O) groups excluding carboxylic acids is 1. The standard InChI is InChI=1S/C30H32N4OS/c1-2-22-13-19-26(20-14-22)31-28(35)21-36-30-33-32-29(34(30)27-11-7-4-8-12-27)25-17-15-24(16-18-25)23-9-5-3-6-10-23/h3,5-6,9-10,13-20,27H,2,4,7-8,11-12,21H2,1H3,(H,31,35). The van der Waals surface area contributed by atoms with Crippen molar-refractivity contribution in [1.82, 2.24) is 14.8 Å². The molecule has 3 aromatic carbocycles. The molecule has 0 bridgehead atoms. The molecule has 0 radical (unpaired) electrons. The molecule has 1 aromatic heterocycles. The maximum atomic E-state index is 12.7. The summed E-state index contributed by atoms with van der Waals surface area (Å²) in [7, 11) is 0. The number of aryl methyl sites for hydroxylation is 1. The topological polar surface area (TPSA) is 59.8 Å². The van der Waals surface area contributed by atoms with Crippen LogP contribution >= 0.6 is 11.8 Å². The summed E-state index contributed by atoms with van der Waals surface area (Å²) < 4.78 is 2.28. The Morgan fingerprint density at radius 1 is 0.861 bits per heavy atom. The lowest BCUT2D eigenvalue weighted by Gasteiger charge is -2.25. The Kier molecular flexibility index (Phi) is 7.82. The van der Waals surface area contributed by atoms with Crippen LogP contribution in [0.1, 0.15) is 50.6 Å². The van der Waals surface area contributed by atoms with Crippen molar-refractivity contribution in [2.75, 3.05) is 11.1 Å². The van der Waals surface area contributed by atoms with Gasteiger partial charge >= 0.3 is 0 Å².